The minimum atomic E-state index is -0.286. The topological polar surface area (TPSA) is 59.6 Å². The maximum Gasteiger partial charge on any atom is 0.258 e. The molecule has 2 N–H and O–H groups in total. The van der Waals surface area contributed by atoms with E-state index in [9.17, 15) is 4.79 Å². The minimum absolute atomic E-state index is 0.0614. The van der Waals surface area contributed by atoms with Gasteiger partial charge in [0.05, 0.1) is 7.11 Å². The van der Waals surface area contributed by atoms with Crippen LogP contribution >= 0.6 is 15.9 Å². The number of hydrogen-bond acceptors (Lipinski definition) is 4. The van der Waals surface area contributed by atoms with Gasteiger partial charge in [-0.3, -0.25) is 4.79 Å². The molecule has 1 amide bonds. The summed E-state index contributed by atoms with van der Waals surface area (Å²) in [7, 11) is 1.58. The fourth-order valence-corrected chi connectivity index (χ4v) is 2.35. The number of carbonyl (C=O) groups excluding carboxylic acids is 1. The Morgan fingerprint density at radius 3 is 2.61 bits per heavy atom. The van der Waals surface area contributed by atoms with E-state index < -0.39 is 0 Å². The molecule has 5 nitrogen and oxygen atoms in total. The smallest absolute Gasteiger partial charge is 0.258 e. The van der Waals surface area contributed by atoms with Crippen molar-refractivity contribution in [2.45, 2.75) is 32.9 Å². The van der Waals surface area contributed by atoms with Crippen LogP contribution < -0.4 is 20.1 Å². The Morgan fingerprint density at radius 2 is 2.04 bits per heavy atom. The highest BCUT2D eigenvalue weighted by atomic mass is 79.9. The van der Waals surface area contributed by atoms with E-state index in [1.165, 1.54) is 0 Å². The summed E-state index contributed by atoms with van der Waals surface area (Å²) in [6, 6.07) is 3.70. The zero-order chi connectivity index (χ0) is 17.5. The molecule has 23 heavy (non-hydrogen) atoms. The lowest BCUT2D eigenvalue weighted by Crippen LogP contribution is -2.43. The lowest BCUT2D eigenvalue weighted by molar-refractivity contribution is -0.124. The summed E-state index contributed by atoms with van der Waals surface area (Å²) in [5.41, 5.74) is 0.751. The highest BCUT2D eigenvalue weighted by molar-refractivity contribution is 9.10. The van der Waals surface area contributed by atoms with Gasteiger partial charge >= 0.3 is 0 Å². The molecule has 0 radical (unpaired) electrons. The number of halogens is 1. The van der Waals surface area contributed by atoms with Gasteiger partial charge in [0.25, 0.3) is 5.91 Å². The Labute approximate surface area is 146 Å². The molecule has 0 unspecified atom stereocenters. The van der Waals surface area contributed by atoms with Gasteiger partial charge in [-0.2, -0.15) is 0 Å². The van der Waals surface area contributed by atoms with Gasteiger partial charge in [0.1, 0.15) is 0 Å². The lowest BCUT2D eigenvalue weighted by atomic mass is 10.1. The second-order valence-corrected chi connectivity index (χ2v) is 6.96. The molecule has 0 aliphatic carbocycles. The summed E-state index contributed by atoms with van der Waals surface area (Å²) in [6.45, 7) is 10.8. The third kappa shape index (κ3) is 7.05. The first-order valence-electron chi connectivity index (χ1n) is 7.38. The Kier molecular flexibility index (Phi) is 7.58. The van der Waals surface area contributed by atoms with Gasteiger partial charge in [-0.25, -0.2) is 0 Å². The van der Waals surface area contributed by atoms with Crippen molar-refractivity contribution in [2.75, 3.05) is 20.3 Å². The normalized spacial score (nSPS) is 11.0. The molecule has 0 heterocycles. The molecule has 128 valence electrons. The summed E-state index contributed by atoms with van der Waals surface area (Å²) in [5.74, 6) is 0.940. The van der Waals surface area contributed by atoms with Crippen LogP contribution in [0.15, 0.2) is 29.3 Å². The predicted molar refractivity (Wildman–Crippen MR) is 96.0 cm³/mol. The van der Waals surface area contributed by atoms with Gasteiger partial charge in [0, 0.05) is 23.1 Å². The summed E-state index contributed by atoms with van der Waals surface area (Å²) in [6.07, 6.45) is 1.80. The van der Waals surface area contributed by atoms with Crippen LogP contribution in [-0.2, 0) is 11.3 Å². The molecule has 0 fully saturated rings. The zero-order valence-electron chi connectivity index (χ0n) is 14.2. The van der Waals surface area contributed by atoms with Crippen molar-refractivity contribution in [3.63, 3.8) is 0 Å². The lowest BCUT2D eigenvalue weighted by Gasteiger charge is -2.21. The van der Waals surface area contributed by atoms with Gasteiger partial charge in [-0.05, 0) is 38.5 Å². The fourth-order valence-electron chi connectivity index (χ4n) is 1.89. The SMILES string of the molecule is C=CCNCc1cc(OC)c(OCC(=O)NC(C)(C)C)cc1Br. The summed E-state index contributed by atoms with van der Waals surface area (Å²) < 4.78 is 11.8. The van der Waals surface area contributed by atoms with Gasteiger partial charge in [-0.15, -0.1) is 6.58 Å². The molecule has 0 atom stereocenters. The average molecular weight is 385 g/mol. The maximum atomic E-state index is 11.8. The van der Waals surface area contributed by atoms with E-state index >= 15 is 0 Å². The van der Waals surface area contributed by atoms with Crippen LogP contribution in [0.5, 0.6) is 11.5 Å². The monoisotopic (exact) mass is 384 g/mol. The molecule has 0 aromatic heterocycles. The van der Waals surface area contributed by atoms with Crippen molar-refractivity contribution < 1.29 is 14.3 Å². The number of ether oxygens (including phenoxy) is 2. The molecule has 1 rings (SSSR count). The first-order valence-corrected chi connectivity index (χ1v) is 8.18. The van der Waals surface area contributed by atoms with Crippen LogP contribution in [0.1, 0.15) is 26.3 Å². The van der Waals surface area contributed by atoms with Crippen LogP contribution in [0.25, 0.3) is 0 Å². The van der Waals surface area contributed by atoms with Crippen molar-refractivity contribution in [1.82, 2.24) is 10.6 Å². The number of nitrogens with one attached hydrogen (secondary N) is 2. The van der Waals surface area contributed by atoms with Crippen LogP contribution in [-0.4, -0.2) is 31.7 Å². The Balaban J connectivity index is 2.77. The highest BCUT2D eigenvalue weighted by Crippen LogP contribution is 2.33. The van der Waals surface area contributed by atoms with Crippen molar-refractivity contribution >= 4 is 21.8 Å². The molecule has 0 spiro atoms. The molecule has 1 aromatic carbocycles. The molecule has 1 aromatic rings. The number of hydrogen-bond donors (Lipinski definition) is 2. The minimum Gasteiger partial charge on any atom is -0.493 e. The third-order valence-electron chi connectivity index (χ3n) is 2.81. The maximum absolute atomic E-state index is 11.8. The van der Waals surface area contributed by atoms with Gasteiger partial charge in [0.15, 0.2) is 18.1 Å². The fraction of sp³-hybridized carbons (Fsp3) is 0.471. The average Bonchev–Trinajstić information content (AvgIpc) is 2.45. The van der Waals surface area contributed by atoms with Crippen molar-refractivity contribution in [2.24, 2.45) is 0 Å². The van der Waals surface area contributed by atoms with E-state index in [0.29, 0.717) is 18.0 Å². The number of methoxy groups -OCH3 is 1. The number of rotatable bonds is 8. The van der Waals surface area contributed by atoms with Gasteiger partial charge < -0.3 is 20.1 Å². The summed E-state index contributed by atoms with van der Waals surface area (Å²) in [5, 5.41) is 6.08. The second-order valence-electron chi connectivity index (χ2n) is 6.10. The number of amides is 1. The van der Waals surface area contributed by atoms with Crippen LogP contribution in [0.2, 0.25) is 0 Å². The van der Waals surface area contributed by atoms with Crippen molar-refractivity contribution in [3.05, 3.63) is 34.8 Å². The largest absolute Gasteiger partial charge is 0.493 e. The molecule has 0 bridgehead atoms. The predicted octanol–water partition coefficient (Wildman–Crippen LogP) is 3.03. The zero-order valence-corrected chi connectivity index (χ0v) is 15.7. The van der Waals surface area contributed by atoms with E-state index in [4.69, 9.17) is 9.47 Å². The van der Waals surface area contributed by atoms with Gasteiger partial charge in [0.2, 0.25) is 0 Å². The van der Waals surface area contributed by atoms with E-state index in [0.717, 1.165) is 16.6 Å². The van der Waals surface area contributed by atoms with Crippen LogP contribution in [0, 0.1) is 0 Å². The Hall–Kier alpha value is -1.53. The summed E-state index contributed by atoms with van der Waals surface area (Å²) in [4.78, 5) is 11.8. The first kappa shape index (κ1) is 19.5. The molecule has 0 aliphatic heterocycles. The Morgan fingerprint density at radius 1 is 1.35 bits per heavy atom. The molecule has 6 heteroatoms. The van der Waals surface area contributed by atoms with E-state index in [1.54, 1.807) is 13.2 Å². The van der Waals surface area contributed by atoms with Crippen LogP contribution in [0.4, 0.5) is 0 Å². The second kappa shape index (κ2) is 8.93. The number of benzene rings is 1. The van der Waals surface area contributed by atoms with Crippen molar-refractivity contribution in [3.8, 4) is 11.5 Å². The van der Waals surface area contributed by atoms with E-state index in [-0.39, 0.29) is 18.1 Å². The van der Waals surface area contributed by atoms with Crippen molar-refractivity contribution in [1.29, 1.82) is 0 Å². The summed E-state index contributed by atoms with van der Waals surface area (Å²) >= 11 is 3.52. The molecule has 0 aliphatic rings. The van der Waals surface area contributed by atoms with E-state index in [2.05, 4.69) is 33.1 Å². The molecular formula is C17H25BrN2O3. The van der Waals surface area contributed by atoms with Gasteiger partial charge in [-0.1, -0.05) is 22.0 Å². The quantitative estimate of drug-likeness (QED) is 0.534. The molecular weight excluding hydrogens is 360 g/mol. The third-order valence-corrected chi connectivity index (χ3v) is 3.55. The number of carbonyl (C=O) groups is 1. The van der Waals surface area contributed by atoms with E-state index in [1.807, 2.05) is 32.9 Å². The Bertz CT molecular complexity index is 554. The standard InChI is InChI=1S/C17H25BrN2O3/c1-6-7-19-10-12-8-14(22-5)15(9-13(12)18)23-11-16(21)20-17(2,3)4/h6,8-9,19H,1,7,10-11H2,2-5H3,(H,20,21). The highest BCUT2D eigenvalue weighted by Gasteiger charge is 2.16. The first-order chi connectivity index (χ1) is 10.8. The molecule has 0 saturated heterocycles. The molecule has 0 saturated carbocycles. The van der Waals surface area contributed by atoms with Crippen LogP contribution in [0.3, 0.4) is 0 Å².